The minimum Gasteiger partial charge on any atom is -0.481 e. The Morgan fingerprint density at radius 3 is 2.44 bits per heavy atom. The number of halogens is 5. The van der Waals surface area contributed by atoms with Gasteiger partial charge in [-0.3, -0.25) is 0 Å². The third-order valence-electron chi connectivity index (χ3n) is 2.10. The second-order valence-electron chi connectivity index (χ2n) is 3.21. The Bertz CT molecular complexity index is 478. The lowest BCUT2D eigenvalue weighted by atomic mass is 10.0. The van der Waals surface area contributed by atoms with Crippen LogP contribution >= 0.6 is 0 Å². The van der Waals surface area contributed by atoms with Crippen molar-refractivity contribution < 1.29 is 26.7 Å². The number of nitriles is 1. The van der Waals surface area contributed by atoms with Crippen LogP contribution in [0.3, 0.4) is 0 Å². The predicted molar refractivity (Wildman–Crippen MR) is 50.1 cm³/mol. The van der Waals surface area contributed by atoms with E-state index in [4.69, 9.17) is 5.26 Å². The Morgan fingerprint density at radius 2 is 2.06 bits per heavy atom. The monoisotopic (exact) mass is 266 g/mol. The number of nitrogens with zero attached hydrogens (tertiary/aromatic N) is 2. The SMILES string of the molecule is COc1cc(C(F)F)c(CC#N)c(C(F)(F)F)n1. The molecule has 98 valence electrons. The van der Waals surface area contributed by atoms with Crippen LogP contribution in [0.5, 0.6) is 5.88 Å². The van der Waals surface area contributed by atoms with Crippen LogP contribution in [0.25, 0.3) is 0 Å². The largest absolute Gasteiger partial charge is 0.481 e. The van der Waals surface area contributed by atoms with Gasteiger partial charge in [0, 0.05) is 17.2 Å². The van der Waals surface area contributed by atoms with Crippen LogP contribution in [0.4, 0.5) is 22.0 Å². The first-order valence-electron chi connectivity index (χ1n) is 4.61. The molecule has 18 heavy (non-hydrogen) atoms. The van der Waals surface area contributed by atoms with E-state index < -0.39 is 41.7 Å². The molecule has 0 aromatic carbocycles. The molecule has 0 unspecified atom stereocenters. The molecule has 0 amide bonds. The summed E-state index contributed by atoms with van der Waals surface area (Å²) >= 11 is 0. The standard InChI is InChI=1S/C10H7F5N2O/c1-18-7-4-6(9(11)12)5(2-3-16)8(17-7)10(13,14)15/h4,9H,2H2,1H3. The molecule has 1 heterocycles. The molecule has 1 aromatic rings. The number of pyridine rings is 1. The summed E-state index contributed by atoms with van der Waals surface area (Å²) < 4.78 is 67.8. The Kier molecular flexibility index (Phi) is 4.06. The van der Waals surface area contributed by atoms with E-state index in [1.54, 1.807) is 0 Å². The van der Waals surface area contributed by atoms with E-state index in [0.29, 0.717) is 6.07 Å². The number of hydrogen-bond acceptors (Lipinski definition) is 3. The molecule has 0 saturated heterocycles. The van der Waals surface area contributed by atoms with E-state index in [2.05, 4.69) is 9.72 Å². The molecule has 1 rings (SSSR count). The van der Waals surface area contributed by atoms with E-state index in [1.165, 1.54) is 6.07 Å². The molecule has 0 saturated carbocycles. The molecule has 0 fully saturated rings. The van der Waals surface area contributed by atoms with Crippen LogP contribution < -0.4 is 4.74 Å². The number of methoxy groups -OCH3 is 1. The van der Waals surface area contributed by atoms with Crippen LogP contribution in [0.15, 0.2) is 6.07 Å². The number of aromatic nitrogens is 1. The molecule has 0 radical (unpaired) electrons. The van der Waals surface area contributed by atoms with Gasteiger partial charge in [-0.25, -0.2) is 13.8 Å². The number of hydrogen-bond donors (Lipinski definition) is 0. The highest BCUT2D eigenvalue weighted by atomic mass is 19.4. The third kappa shape index (κ3) is 2.85. The van der Waals surface area contributed by atoms with Gasteiger partial charge in [-0.2, -0.15) is 18.4 Å². The van der Waals surface area contributed by atoms with E-state index in [0.717, 1.165) is 7.11 Å². The van der Waals surface area contributed by atoms with Crippen molar-refractivity contribution in [3.05, 3.63) is 22.9 Å². The van der Waals surface area contributed by atoms with Crippen LogP contribution in [0.2, 0.25) is 0 Å². The number of ether oxygens (including phenoxy) is 1. The Labute approximate surface area is 98.8 Å². The van der Waals surface area contributed by atoms with Gasteiger partial charge in [0.1, 0.15) is 0 Å². The zero-order chi connectivity index (χ0) is 13.9. The van der Waals surface area contributed by atoms with Crippen molar-refractivity contribution in [2.45, 2.75) is 19.0 Å². The highest BCUT2D eigenvalue weighted by Gasteiger charge is 2.38. The maximum Gasteiger partial charge on any atom is 0.433 e. The minimum atomic E-state index is -4.93. The average Bonchev–Trinajstić information content (AvgIpc) is 2.27. The fourth-order valence-corrected chi connectivity index (χ4v) is 1.37. The average molecular weight is 266 g/mol. The summed E-state index contributed by atoms with van der Waals surface area (Å²) in [5, 5.41) is 8.42. The van der Waals surface area contributed by atoms with E-state index in [9.17, 15) is 22.0 Å². The summed E-state index contributed by atoms with van der Waals surface area (Å²) in [6.45, 7) is 0. The van der Waals surface area contributed by atoms with Crippen molar-refractivity contribution in [2.75, 3.05) is 7.11 Å². The van der Waals surface area contributed by atoms with Crippen LogP contribution in [0.1, 0.15) is 23.2 Å². The quantitative estimate of drug-likeness (QED) is 0.789. The van der Waals surface area contributed by atoms with Crippen LogP contribution in [-0.4, -0.2) is 12.1 Å². The lowest BCUT2D eigenvalue weighted by Crippen LogP contribution is -2.15. The molecular formula is C10H7F5N2O. The molecule has 0 aliphatic carbocycles. The van der Waals surface area contributed by atoms with Crippen molar-refractivity contribution in [1.82, 2.24) is 4.98 Å². The fourth-order valence-electron chi connectivity index (χ4n) is 1.37. The van der Waals surface area contributed by atoms with Gasteiger partial charge >= 0.3 is 6.18 Å². The summed E-state index contributed by atoms with van der Waals surface area (Å²) in [7, 11) is 1.02. The van der Waals surface area contributed by atoms with E-state index in [-0.39, 0.29) is 0 Å². The summed E-state index contributed by atoms with van der Waals surface area (Å²) in [6, 6.07) is 2.12. The number of alkyl halides is 5. The first kappa shape index (κ1) is 14.2. The van der Waals surface area contributed by atoms with Gasteiger partial charge in [0.2, 0.25) is 5.88 Å². The molecule has 0 spiro atoms. The Hall–Kier alpha value is -1.91. The van der Waals surface area contributed by atoms with Gasteiger partial charge in [-0.05, 0) is 0 Å². The summed E-state index contributed by atoms with van der Waals surface area (Å²) in [5.74, 6) is -0.570. The lowest BCUT2D eigenvalue weighted by Gasteiger charge is -2.15. The zero-order valence-corrected chi connectivity index (χ0v) is 9.05. The highest BCUT2D eigenvalue weighted by molar-refractivity contribution is 5.39. The second-order valence-corrected chi connectivity index (χ2v) is 3.21. The fraction of sp³-hybridized carbons (Fsp3) is 0.400. The minimum absolute atomic E-state index is 0.570. The molecule has 0 atom stereocenters. The number of rotatable bonds is 3. The van der Waals surface area contributed by atoms with E-state index >= 15 is 0 Å². The van der Waals surface area contributed by atoms with Crippen molar-refractivity contribution in [3.63, 3.8) is 0 Å². The summed E-state index contributed by atoms with van der Waals surface area (Å²) in [6.07, 6.45) is -8.87. The molecule has 0 aliphatic rings. The van der Waals surface area contributed by atoms with Gasteiger partial charge in [-0.15, -0.1) is 0 Å². The van der Waals surface area contributed by atoms with E-state index in [1.807, 2.05) is 0 Å². The van der Waals surface area contributed by atoms with Crippen molar-refractivity contribution >= 4 is 0 Å². The van der Waals surface area contributed by atoms with Crippen LogP contribution in [0, 0.1) is 11.3 Å². The highest BCUT2D eigenvalue weighted by Crippen LogP contribution is 2.37. The molecule has 1 aromatic heterocycles. The summed E-state index contributed by atoms with van der Waals surface area (Å²) in [5.41, 5.74) is -3.23. The van der Waals surface area contributed by atoms with Gasteiger partial charge < -0.3 is 4.74 Å². The Morgan fingerprint density at radius 1 is 1.44 bits per heavy atom. The Balaban J connectivity index is 3.56. The second kappa shape index (κ2) is 5.16. The van der Waals surface area contributed by atoms with Gasteiger partial charge in [0.25, 0.3) is 6.43 Å². The molecule has 8 heteroatoms. The van der Waals surface area contributed by atoms with Crippen molar-refractivity contribution in [3.8, 4) is 11.9 Å². The lowest BCUT2D eigenvalue weighted by molar-refractivity contribution is -0.142. The summed E-state index contributed by atoms with van der Waals surface area (Å²) in [4.78, 5) is 3.09. The third-order valence-corrected chi connectivity index (χ3v) is 2.10. The zero-order valence-electron chi connectivity index (χ0n) is 9.05. The molecule has 3 nitrogen and oxygen atoms in total. The first-order chi connectivity index (χ1) is 8.31. The van der Waals surface area contributed by atoms with Crippen molar-refractivity contribution in [2.24, 2.45) is 0 Å². The van der Waals surface area contributed by atoms with Gasteiger partial charge in [-0.1, -0.05) is 0 Å². The predicted octanol–water partition coefficient (Wildman–Crippen LogP) is 3.11. The first-order valence-corrected chi connectivity index (χ1v) is 4.61. The normalized spacial score (nSPS) is 11.4. The van der Waals surface area contributed by atoms with Gasteiger partial charge in [0.15, 0.2) is 5.69 Å². The molecule has 0 aliphatic heterocycles. The van der Waals surface area contributed by atoms with Gasteiger partial charge in [0.05, 0.1) is 19.6 Å². The maximum absolute atomic E-state index is 12.7. The van der Waals surface area contributed by atoms with Crippen molar-refractivity contribution in [1.29, 1.82) is 5.26 Å². The molecule has 0 N–H and O–H groups in total. The van der Waals surface area contributed by atoms with Crippen LogP contribution in [-0.2, 0) is 12.6 Å². The topological polar surface area (TPSA) is 45.9 Å². The maximum atomic E-state index is 12.7. The smallest absolute Gasteiger partial charge is 0.433 e. The molecule has 0 bridgehead atoms. The molecular weight excluding hydrogens is 259 g/mol.